The second-order valence-corrected chi connectivity index (χ2v) is 16.1. The van der Waals surface area contributed by atoms with Gasteiger partial charge in [0.2, 0.25) is 0 Å². The number of aromatic nitrogens is 2. The van der Waals surface area contributed by atoms with Gasteiger partial charge in [-0.2, -0.15) is 0 Å². The van der Waals surface area contributed by atoms with Gasteiger partial charge in [0.15, 0.2) is 5.82 Å². The average molecular weight is 745 g/mol. The molecular formula is C54H36N2S. The molecule has 1 aliphatic carbocycles. The van der Waals surface area contributed by atoms with Crippen LogP contribution in [0.15, 0.2) is 200 Å². The number of hydrogen-bond donors (Lipinski definition) is 0. The smallest absolute Gasteiger partial charge is 0.160 e. The molecule has 0 bridgehead atoms. The molecular weight excluding hydrogens is 709 g/mol. The Kier molecular flexibility index (Phi) is 7.84. The summed E-state index contributed by atoms with van der Waals surface area (Å²) in [5.74, 6) is 0.711. The van der Waals surface area contributed by atoms with Gasteiger partial charge in [-0.25, -0.2) is 9.97 Å². The van der Waals surface area contributed by atoms with Gasteiger partial charge in [0.25, 0.3) is 0 Å². The van der Waals surface area contributed by atoms with Crippen LogP contribution in [0.25, 0.3) is 87.5 Å². The van der Waals surface area contributed by atoms with Crippen molar-refractivity contribution in [1.82, 2.24) is 9.97 Å². The van der Waals surface area contributed by atoms with Gasteiger partial charge in [-0.1, -0.05) is 182 Å². The molecule has 8 aromatic carbocycles. The Balaban J connectivity index is 1.06. The zero-order valence-corrected chi connectivity index (χ0v) is 32.2. The Hall–Kier alpha value is -6.94. The van der Waals surface area contributed by atoms with Crippen molar-refractivity contribution in [2.24, 2.45) is 0 Å². The Morgan fingerprint density at radius 2 is 0.982 bits per heavy atom. The molecule has 2 heterocycles. The molecule has 0 saturated heterocycles. The molecule has 268 valence electrons. The van der Waals surface area contributed by atoms with Gasteiger partial charge >= 0.3 is 0 Å². The first-order valence-corrected chi connectivity index (χ1v) is 20.3. The summed E-state index contributed by atoms with van der Waals surface area (Å²) in [5, 5.41) is 2.62. The van der Waals surface area contributed by atoms with Crippen LogP contribution in [-0.2, 0) is 5.41 Å². The van der Waals surface area contributed by atoms with Crippen molar-refractivity contribution in [3.05, 3.63) is 217 Å². The predicted molar refractivity (Wildman–Crippen MR) is 240 cm³/mol. The number of nitrogens with zero attached hydrogens (tertiary/aromatic N) is 2. The molecule has 2 nitrogen and oxygen atoms in total. The third-order valence-corrected chi connectivity index (χ3v) is 13.0. The Bertz CT molecular complexity index is 3110. The molecule has 10 aromatic rings. The summed E-state index contributed by atoms with van der Waals surface area (Å²) in [6.07, 6.45) is 0. The van der Waals surface area contributed by atoms with Gasteiger partial charge in [-0.05, 0) is 75.2 Å². The Labute approximate surface area is 336 Å². The van der Waals surface area contributed by atoms with Crippen LogP contribution in [-0.4, -0.2) is 9.97 Å². The first-order chi connectivity index (χ1) is 28.1. The van der Waals surface area contributed by atoms with Crippen LogP contribution in [0, 0.1) is 0 Å². The number of hydrogen-bond acceptors (Lipinski definition) is 3. The fourth-order valence-electron chi connectivity index (χ4n) is 8.93. The lowest BCUT2D eigenvalue weighted by atomic mass is 9.73. The van der Waals surface area contributed by atoms with E-state index in [0.29, 0.717) is 5.82 Å². The first-order valence-electron chi connectivity index (χ1n) is 19.5. The predicted octanol–water partition coefficient (Wildman–Crippen LogP) is 14.5. The van der Waals surface area contributed by atoms with Crippen molar-refractivity contribution in [3.8, 4) is 67.3 Å². The fourth-order valence-corrected chi connectivity index (χ4v) is 10.2. The van der Waals surface area contributed by atoms with Crippen molar-refractivity contribution in [2.45, 2.75) is 12.3 Å². The van der Waals surface area contributed by atoms with Crippen LogP contribution in [0.5, 0.6) is 0 Å². The summed E-state index contributed by atoms with van der Waals surface area (Å²) in [6, 6.07) is 72.2. The molecule has 3 heteroatoms. The summed E-state index contributed by atoms with van der Waals surface area (Å²) < 4.78 is 2.63. The molecule has 0 N–H and O–H groups in total. The van der Waals surface area contributed by atoms with E-state index in [9.17, 15) is 0 Å². The number of thiophene rings is 1. The van der Waals surface area contributed by atoms with E-state index in [2.05, 4.69) is 201 Å². The van der Waals surface area contributed by atoms with E-state index in [4.69, 9.17) is 9.97 Å². The zero-order valence-electron chi connectivity index (χ0n) is 31.4. The number of fused-ring (bicyclic) bond motifs is 6. The largest absolute Gasteiger partial charge is 0.228 e. The van der Waals surface area contributed by atoms with Gasteiger partial charge < -0.3 is 0 Å². The van der Waals surface area contributed by atoms with Gasteiger partial charge in [-0.3, -0.25) is 0 Å². The lowest BCUT2D eigenvalue weighted by Crippen LogP contribution is -2.22. The first kappa shape index (κ1) is 33.4. The SMILES string of the molecule is CC1(c2ccccc2)c2cc(-c3cc(-c4ccc(-c5cccc6c5sc5ccccc56)cc4)nc(-c4ccccc4)n3)ccc2-c2c(-c3ccccc3)cccc21. The minimum Gasteiger partial charge on any atom is -0.228 e. The summed E-state index contributed by atoms with van der Waals surface area (Å²) in [6.45, 7) is 2.38. The normalized spacial score (nSPS) is 14.5. The van der Waals surface area contributed by atoms with Crippen LogP contribution < -0.4 is 0 Å². The maximum atomic E-state index is 5.27. The summed E-state index contributed by atoms with van der Waals surface area (Å²) >= 11 is 1.86. The van der Waals surface area contributed by atoms with E-state index in [1.54, 1.807) is 0 Å². The van der Waals surface area contributed by atoms with Gasteiger partial charge in [0.1, 0.15) is 0 Å². The second kappa shape index (κ2) is 13.4. The molecule has 11 rings (SSSR count). The molecule has 1 atom stereocenters. The van der Waals surface area contributed by atoms with E-state index < -0.39 is 0 Å². The molecule has 0 aliphatic heterocycles. The van der Waals surface area contributed by atoms with E-state index in [1.807, 2.05) is 17.4 Å². The summed E-state index contributed by atoms with van der Waals surface area (Å²) in [7, 11) is 0. The number of rotatable bonds is 6. The Morgan fingerprint density at radius 3 is 1.75 bits per heavy atom. The molecule has 1 unspecified atom stereocenters. The Morgan fingerprint density at radius 1 is 0.404 bits per heavy atom. The summed E-state index contributed by atoms with van der Waals surface area (Å²) in [5.41, 5.74) is 15.9. The van der Waals surface area contributed by atoms with Crippen LogP contribution in [0.3, 0.4) is 0 Å². The van der Waals surface area contributed by atoms with Gasteiger partial charge in [0, 0.05) is 42.3 Å². The fraction of sp³-hybridized carbons (Fsp3) is 0.0370. The quantitative estimate of drug-likeness (QED) is 0.169. The molecule has 0 amide bonds. The monoisotopic (exact) mass is 744 g/mol. The lowest BCUT2D eigenvalue weighted by Gasteiger charge is -2.28. The van der Waals surface area contributed by atoms with Crippen molar-refractivity contribution >= 4 is 31.5 Å². The minimum atomic E-state index is -0.363. The third-order valence-electron chi connectivity index (χ3n) is 11.8. The number of benzene rings is 8. The standard InChI is InChI=1S/C54H36N2S/c1-54(40-19-9-4-10-20-40)46-25-14-22-41(35-15-5-2-6-16-35)51(46)45-32-31-39(33-47(45)54)49-34-48(55-53(56-49)38-17-7-3-8-18-38)37-29-27-36(28-30-37)42-23-13-24-44-43-21-11-12-26-50(43)57-52(42)44/h2-34H,1H3. The van der Waals surface area contributed by atoms with Crippen LogP contribution in [0.2, 0.25) is 0 Å². The van der Waals surface area contributed by atoms with Gasteiger partial charge in [-0.15, -0.1) is 11.3 Å². The van der Waals surface area contributed by atoms with Crippen molar-refractivity contribution in [2.75, 3.05) is 0 Å². The van der Waals surface area contributed by atoms with E-state index in [1.165, 1.54) is 70.2 Å². The minimum absolute atomic E-state index is 0.363. The van der Waals surface area contributed by atoms with E-state index in [-0.39, 0.29) is 5.41 Å². The van der Waals surface area contributed by atoms with E-state index in [0.717, 1.165) is 28.1 Å². The van der Waals surface area contributed by atoms with Crippen molar-refractivity contribution < 1.29 is 0 Å². The van der Waals surface area contributed by atoms with Crippen LogP contribution in [0.4, 0.5) is 0 Å². The lowest BCUT2D eigenvalue weighted by molar-refractivity contribution is 0.714. The maximum absolute atomic E-state index is 5.27. The molecule has 0 fully saturated rings. The average Bonchev–Trinajstić information content (AvgIpc) is 3.80. The molecule has 0 saturated carbocycles. The highest BCUT2D eigenvalue weighted by Gasteiger charge is 2.42. The maximum Gasteiger partial charge on any atom is 0.160 e. The second-order valence-electron chi connectivity index (χ2n) is 15.0. The van der Waals surface area contributed by atoms with Gasteiger partial charge in [0.05, 0.1) is 11.4 Å². The van der Waals surface area contributed by atoms with Crippen molar-refractivity contribution in [3.63, 3.8) is 0 Å². The highest BCUT2D eigenvalue weighted by Crippen LogP contribution is 2.56. The highest BCUT2D eigenvalue weighted by molar-refractivity contribution is 7.26. The molecule has 1 aliphatic rings. The summed E-state index contributed by atoms with van der Waals surface area (Å²) in [4.78, 5) is 10.5. The van der Waals surface area contributed by atoms with E-state index >= 15 is 0 Å². The zero-order chi connectivity index (χ0) is 37.9. The molecule has 0 radical (unpaired) electrons. The third kappa shape index (κ3) is 5.46. The topological polar surface area (TPSA) is 25.8 Å². The van der Waals surface area contributed by atoms with Crippen LogP contribution >= 0.6 is 11.3 Å². The highest BCUT2D eigenvalue weighted by atomic mass is 32.1. The molecule has 57 heavy (non-hydrogen) atoms. The molecule has 2 aromatic heterocycles. The molecule has 0 spiro atoms. The van der Waals surface area contributed by atoms with Crippen LogP contribution in [0.1, 0.15) is 23.6 Å². The van der Waals surface area contributed by atoms with Crippen molar-refractivity contribution in [1.29, 1.82) is 0 Å².